The van der Waals surface area contributed by atoms with Gasteiger partial charge < -0.3 is 4.90 Å². The lowest BCUT2D eigenvalue weighted by Gasteiger charge is -2.29. The molecule has 1 saturated heterocycles. The van der Waals surface area contributed by atoms with Crippen LogP contribution in [0.3, 0.4) is 0 Å². The Morgan fingerprint density at radius 1 is 1.58 bits per heavy atom. The molecule has 0 saturated carbocycles. The molecule has 0 aliphatic carbocycles. The number of halogens is 1. The first-order valence-corrected chi connectivity index (χ1v) is 8.80. The van der Waals surface area contributed by atoms with Crippen LogP contribution in [0.1, 0.15) is 12.8 Å². The summed E-state index contributed by atoms with van der Waals surface area (Å²) in [7, 11) is 0.403. The average Bonchev–Trinajstić information content (AvgIpc) is 2.83. The van der Waals surface area contributed by atoms with Crippen molar-refractivity contribution in [2.45, 2.75) is 18.9 Å². The molecule has 1 atom stereocenters. The van der Waals surface area contributed by atoms with E-state index < -0.39 is 10.0 Å². The molecule has 0 unspecified atom stereocenters. The quantitative estimate of drug-likeness (QED) is 0.814. The molecule has 0 aromatic carbocycles. The summed E-state index contributed by atoms with van der Waals surface area (Å²) in [6.45, 7) is 1.45. The van der Waals surface area contributed by atoms with E-state index >= 15 is 0 Å². The Morgan fingerprint density at radius 3 is 2.79 bits per heavy atom. The van der Waals surface area contributed by atoms with Gasteiger partial charge in [0.15, 0.2) is 0 Å². The highest BCUT2D eigenvalue weighted by atomic mass is 79.9. The van der Waals surface area contributed by atoms with E-state index in [0.29, 0.717) is 6.54 Å². The zero-order valence-corrected chi connectivity index (χ0v) is 13.8. The minimum atomic E-state index is -3.13. The maximum absolute atomic E-state index is 11.5. The van der Waals surface area contributed by atoms with Crippen molar-refractivity contribution in [1.82, 2.24) is 14.1 Å². The van der Waals surface area contributed by atoms with E-state index in [9.17, 15) is 8.42 Å². The Labute approximate surface area is 122 Å². The number of rotatable bonds is 4. The highest BCUT2D eigenvalue weighted by molar-refractivity contribution is 9.10. The van der Waals surface area contributed by atoms with Crippen LogP contribution in [-0.2, 0) is 17.1 Å². The van der Waals surface area contributed by atoms with Gasteiger partial charge in [0.25, 0.3) is 0 Å². The van der Waals surface area contributed by atoms with E-state index in [1.807, 2.05) is 17.8 Å². The Bertz CT molecular complexity index is 557. The molecule has 2 rings (SSSR count). The highest BCUT2D eigenvalue weighted by Crippen LogP contribution is 2.27. The topological polar surface area (TPSA) is 58.4 Å². The number of hydrogen-bond acceptors (Lipinski definition) is 4. The van der Waals surface area contributed by atoms with Gasteiger partial charge in [0.1, 0.15) is 10.4 Å². The van der Waals surface area contributed by atoms with Gasteiger partial charge in [-0.25, -0.2) is 12.7 Å². The molecule has 1 fully saturated rings. The largest absolute Gasteiger partial charge is 0.352 e. The van der Waals surface area contributed by atoms with Crippen LogP contribution in [0.2, 0.25) is 0 Å². The Balaban J connectivity index is 2.16. The summed E-state index contributed by atoms with van der Waals surface area (Å²) in [6, 6.07) is 2.18. The van der Waals surface area contributed by atoms with Gasteiger partial charge >= 0.3 is 0 Å². The fraction of sp³-hybridized carbons (Fsp3) is 0.727. The van der Waals surface area contributed by atoms with Gasteiger partial charge in [0.2, 0.25) is 10.0 Å². The summed E-state index contributed by atoms with van der Waals surface area (Å²) in [4.78, 5) is 2.24. The van der Waals surface area contributed by atoms with Crippen LogP contribution in [0.5, 0.6) is 0 Å². The molecular weight excluding hydrogens is 332 g/mol. The summed E-state index contributed by atoms with van der Waals surface area (Å²) in [6.07, 6.45) is 3.32. The van der Waals surface area contributed by atoms with Crippen LogP contribution in [-0.4, -0.2) is 54.9 Å². The second kappa shape index (κ2) is 5.41. The van der Waals surface area contributed by atoms with Crippen molar-refractivity contribution in [1.29, 1.82) is 0 Å². The van der Waals surface area contributed by atoms with Crippen molar-refractivity contribution < 1.29 is 8.42 Å². The maximum Gasteiger partial charge on any atom is 0.211 e. The Kier molecular flexibility index (Phi) is 4.22. The first kappa shape index (κ1) is 14.8. The molecule has 1 aliphatic rings. The standard InChI is InChI=1S/C11H19BrN4O2S/c1-14(19(3,17)18)8-9-5-4-6-16(9)11-7-10(12)13-15(11)2/h7,9H,4-6,8H2,1-3H3/t9-/m1/s1. The van der Waals surface area contributed by atoms with Gasteiger partial charge in [-0.3, -0.25) is 4.68 Å². The van der Waals surface area contributed by atoms with Gasteiger partial charge in [0, 0.05) is 39.3 Å². The molecule has 1 aliphatic heterocycles. The third kappa shape index (κ3) is 3.29. The van der Waals surface area contributed by atoms with E-state index in [1.165, 1.54) is 10.6 Å². The monoisotopic (exact) mass is 350 g/mol. The number of likely N-dealkylation sites (N-methyl/N-ethyl adjacent to an activating group) is 1. The third-order valence-electron chi connectivity index (χ3n) is 3.53. The van der Waals surface area contributed by atoms with E-state index in [2.05, 4.69) is 25.9 Å². The molecule has 8 heteroatoms. The second-order valence-corrected chi connectivity index (χ2v) is 7.88. The van der Waals surface area contributed by atoms with Crippen LogP contribution in [0.25, 0.3) is 0 Å². The average molecular weight is 351 g/mol. The predicted octanol–water partition coefficient (Wildman–Crippen LogP) is 1.04. The zero-order valence-electron chi connectivity index (χ0n) is 11.4. The number of nitrogens with zero attached hydrogens (tertiary/aromatic N) is 4. The van der Waals surface area contributed by atoms with E-state index in [-0.39, 0.29) is 6.04 Å². The zero-order chi connectivity index (χ0) is 14.2. The number of aromatic nitrogens is 2. The minimum absolute atomic E-state index is 0.210. The molecule has 19 heavy (non-hydrogen) atoms. The van der Waals surface area contributed by atoms with Gasteiger partial charge in [-0.2, -0.15) is 5.10 Å². The molecular formula is C11H19BrN4O2S. The number of sulfonamides is 1. The summed E-state index contributed by atoms with van der Waals surface area (Å²) in [5, 5.41) is 4.28. The van der Waals surface area contributed by atoms with Crippen molar-refractivity contribution in [2.75, 3.05) is 31.3 Å². The first-order chi connectivity index (χ1) is 8.79. The number of hydrogen-bond donors (Lipinski definition) is 0. The molecule has 2 heterocycles. The summed E-state index contributed by atoms with van der Waals surface area (Å²) >= 11 is 3.37. The van der Waals surface area contributed by atoms with Crippen molar-refractivity contribution in [2.24, 2.45) is 7.05 Å². The smallest absolute Gasteiger partial charge is 0.211 e. The normalized spacial score (nSPS) is 20.5. The van der Waals surface area contributed by atoms with Crippen LogP contribution in [0.15, 0.2) is 10.7 Å². The molecule has 0 radical (unpaired) electrons. The number of anilines is 1. The van der Waals surface area contributed by atoms with Crippen molar-refractivity contribution in [3.8, 4) is 0 Å². The van der Waals surface area contributed by atoms with Gasteiger partial charge in [-0.05, 0) is 28.8 Å². The lowest BCUT2D eigenvalue weighted by molar-refractivity contribution is 0.435. The van der Waals surface area contributed by atoms with E-state index in [0.717, 1.165) is 29.8 Å². The fourth-order valence-electron chi connectivity index (χ4n) is 2.45. The molecule has 6 nitrogen and oxygen atoms in total. The van der Waals surface area contributed by atoms with Crippen LogP contribution >= 0.6 is 15.9 Å². The Morgan fingerprint density at radius 2 is 2.26 bits per heavy atom. The summed E-state index contributed by atoms with van der Waals surface area (Å²) in [5.74, 6) is 1.02. The maximum atomic E-state index is 11.5. The fourth-order valence-corrected chi connectivity index (χ4v) is 3.34. The third-order valence-corrected chi connectivity index (χ3v) is 5.20. The molecule has 0 spiro atoms. The highest BCUT2D eigenvalue weighted by Gasteiger charge is 2.29. The van der Waals surface area contributed by atoms with Crippen LogP contribution < -0.4 is 4.90 Å². The predicted molar refractivity (Wildman–Crippen MR) is 78.7 cm³/mol. The van der Waals surface area contributed by atoms with Crippen molar-refractivity contribution in [3.63, 3.8) is 0 Å². The van der Waals surface area contributed by atoms with Gasteiger partial charge in [-0.15, -0.1) is 0 Å². The molecule has 1 aromatic heterocycles. The van der Waals surface area contributed by atoms with Gasteiger partial charge in [0.05, 0.1) is 6.26 Å². The molecule has 0 amide bonds. The number of aryl methyl sites for hydroxylation is 1. The molecule has 1 aromatic rings. The van der Waals surface area contributed by atoms with Gasteiger partial charge in [-0.1, -0.05) is 0 Å². The molecule has 0 bridgehead atoms. The SMILES string of the molecule is CN(C[C@H]1CCCN1c1cc(Br)nn1C)S(C)(=O)=O. The lowest BCUT2D eigenvalue weighted by Crippen LogP contribution is -2.41. The van der Waals surface area contributed by atoms with E-state index in [4.69, 9.17) is 0 Å². The van der Waals surface area contributed by atoms with Crippen molar-refractivity contribution >= 4 is 31.8 Å². The van der Waals surface area contributed by atoms with Crippen LogP contribution in [0.4, 0.5) is 5.82 Å². The molecule has 108 valence electrons. The second-order valence-electron chi connectivity index (χ2n) is 4.98. The first-order valence-electron chi connectivity index (χ1n) is 6.16. The summed E-state index contributed by atoms with van der Waals surface area (Å²) < 4.78 is 27.1. The lowest BCUT2D eigenvalue weighted by atomic mass is 10.2. The minimum Gasteiger partial charge on any atom is -0.352 e. The molecule has 0 N–H and O–H groups in total. The summed E-state index contributed by atoms with van der Waals surface area (Å²) in [5.41, 5.74) is 0. The van der Waals surface area contributed by atoms with Crippen LogP contribution in [0, 0.1) is 0 Å². The Hall–Kier alpha value is -0.600. The van der Waals surface area contributed by atoms with Crippen molar-refractivity contribution in [3.05, 3.63) is 10.7 Å². The van der Waals surface area contributed by atoms with E-state index in [1.54, 1.807) is 7.05 Å².